The van der Waals surface area contributed by atoms with E-state index in [4.69, 9.17) is 9.47 Å². The number of nitrogens with one attached hydrogen (secondary N) is 1. The van der Waals surface area contributed by atoms with Crippen LogP contribution in [0.25, 0.3) is 0 Å². The Morgan fingerprint density at radius 2 is 1.76 bits per heavy atom. The highest BCUT2D eigenvalue weighted by Gasteiger charge is 2.15. The van der Waals surface area contributed by atoms with Crippen LogP contribution in [0.15, 0.2) is 12.1 Å². The van der Waals surface area contributed by atoms with E-state index in [9.17, 15) is 13.6 Å². The molecule has 1 aromatic rings. The Balaban J connectivity index is 2.69. The molecule has 0 aliphatic heterocycles. The van der Waals surface area contributed by atoms with Crippen LogP contribution in [0.3, 0.4) is 0 Å². The molecule has 0 bridgehead atoms. The van der Waals surface area contributed by atoms with Crippen molar-refractivity contribution < 1.29 is 23.0 Å². The van der Waals surface area contributed by atoms with Gasteiger partial charge in [0.1, 0.15) is 0 Å². The zero-order valence-corrected chi connectivity index (χ0v) is 12.7. The van der Waals surface area contributed by atoms with Gasteiger partial charge in [0.05, 0.1) is 6.10 Å². The Morgan fingerprint density at radius 1 is 1.19 bits per heavy atom. The summed E-state index contributed by atoms with van der Waals surface area (Å²) in [6.45, 7) is 7.04. The van der Waals surface area contributed by atoms with E-state index in [1.807, 2.05) is 13.8 Å². The highest BCUT2D eigenvalue weighted by atomic mass is 19.1. The molecule has 0 atom stereocenters. The number of rotatable bonds is 7. The maximum atomic E-state index is 13.8. The molecule has 0 fully saturated rings. The van der Waals surface area contributed by atoms with Gasteiger partial charge in [0, 0.05) is 12.6 Å². The topological polar surface area (TPSA) is 47.6 Å². The SMILES string of the molecule is CC(C)NCc1cc(F)c(OCC(=O)OC(C)C)c(F)c1. The van der Waals surface area contributed by atoms with E-state index in [2.05, 4.69) is 5.32 Å². The van der Waals surface area contributed by atoms with Crippen LogP contribution in [0, 0.1) is 11.6 Å². The summed E-state index contributed by atoms with van der Waals surface area (Å²) >= 11 is 0. The Bertz CT molecular complexity index is 467. The largest absolute Gasteiger partial charge is 0.476 e. The standard InChI is InChI=1S/C15H21F2NO3/c1-9(2)18-7-11-5-12(16)15(13(17)6-11)20-8-14(19)21-10(3)4/h5-6,9-10,18H,7-8H2,1-4H3. The number of ether oxygens (including phenoxy) is 2. The van der Waals surface area contributed by atoms with Gasteiger partial charge in [-0.1, -0.05) is 13.8 Å². The maximum Gasteiger partial charge on any atom is 0.344 e. The third-order valence-electron chi connectivity index (χ3n) is 2.47. The molecular formula is C15H21F2NO3. The van der Waals surface area contributed by atoms with Crippen LogP contribution in [-0.2, 0) is 16.1 Å². The molecule has 0 saturated carbocycles. The summed E-state index contributed by atoms with van der Waals surface area (Å²) in [4.78, 5) is 11.3. The van der Waals surface area contributed by atoms with Crippen molar-refractivity contribution in [2.24, 2.45) is 0 Å². The third-order valence-corrected chi connectivity index (χ3v) is 2.47. The summed E-state index contributed by atoms with van der Waals surface area (Å²) in [5.74, 6) is -2.92. The Labute approximate surface area is 123 Å². The molecule has 0 saturated heterocycles. The molecule has 0 heterocycles. The number of esters is 1. The van der Waals surface area contributed by atoms with Crippen molar-refractivity contribution >= 4 is 5.97 Å². The van der Waals surface area contributed by atoms with Crippen LogP contribution in [0.2, 0.25) is 0 Å². The van der Waals surface area contributed by atoms with Crippen molar-refractivity contribution in [2.45, 2.75) is 46.4 Å². The lowest BCUT2D eigenvalue weighted by Gasteiger charge is -2.12. The minimum atomic E-state index is -0.840. The number of hydrogen-bond acceptors (Lipinski definition) is 4. The van der Waals surface area contributed by atoms with Crippen LogP contribution < -0.4 is 10.1 Å². The van der Waals surface area contributed by atoms with Gasteiger partial charge in [-0.05, 0) is 31.5 Å². The lowest BCUT2D eigenvalue weighted by molar-refractivity contribution is -0.149. The molecule has 0 aliphatic rings. The quantitative estimate of drug-likeness (QED) is 0.787. The van der Waals surface area contributed by atoms with Crippen LogP contribution in [-0.4, -0.2) is 24.7 Å². The van der Waals surface area contributed by atoms with Gasteiger partial charge < -0.3 is 14.8 Å². The van der Waals surface area contributed by atoms with Crippen molar-refractivity contribution in [3.8, 4) is 5.75 Å². The summed E-state index contributed by atoms with van der Waals surface area (Å²) in [6.07, 6.45) is -0.305. The number of carbonyl (C=O) groups is 1. The van der Waals surface area contributed by atoms with Crippen LogP contribution in [0.5, 0.6) is 5.75 Å². The minimum absolute atomic E-state index is 0.206. The molecule has 21 heavy (non-hydrogen) atoms. The maximum absolute atomic E-state index is 13.8. The molecule has 1 N–H and O–H groups in total. The highest BCUT2D eigenvalue weighted by Crippen LogP contribution is 2.23. The fraction of sp³-hybridized carbons (Fsp3) is 0.533. The third kappa shape index (κ3) is 6.08. The van der Waals surface area contributed by atoms with Crippen LogP contribution in [0.1, 0.15) is 33.3 Å². The summed E-state index contributed by atoms with van der Waals surface area (Å²) in [6, 6.07) is 2.57. The normalized spacial score (nSPS) is 11.0. The molecule has 1 rings (SSSR count). The first-order valence-electron chi connectivity index (χ1n) is 6.83. The first kappa shape index (κ1) is 17.4. The van der Waals surface area contributed by atoms with Crippen molar-refractivity contribution in [2.75, 3.05) is 6.61 Å². The zero-order valence-electron chi connectivity index (χ0n) is 12.7. The van der Waals surface area contributed by atoms with Crippen LogP contribution in [0.4, 0.5) is 8.78 Å². The van der Waals surface area contributed by atoms with Gasteiger partial charge >= 0.3 is 5.97 Å². The summed E-state index contributed by atoms with van der Waals surface area (Å²) in [7, 11) is 0. The van der Waals surface area contributed by atoms with E-state index in [1.54, 1.807) is 13.8 Å². The van der Waals surface area contributed by atoms with Crippen molar-refractivity contribution in [3.63, 3.8) is 0 Å². The summed E-state index contributed by atoms with van der Waals surface area (Å²) in [5.41, 5.74) is 0.468. The molecule has 0 radical (unpaired) electrons. The molecule has 0 aromatic heterocycles. The summed E-state index contributed by atoms with van der Waals surface area (Å²) < 4.78 is 37.3. The monoisotopic (exact) mass is 301 g/mol. The Hall–Kier alpha value is -1.69. The van der Waals surface area contributed by atoms with Crippen molar-refractivity contribution in [3.05, 3.63) is 29.3 Å². The van der Waals surface area contributed by atoms with Gasteiger partial charge in [-0.15, -0.1) is 0 Å². The zero-order chi connectivity index (χ0) is 16.0. The lowest BCUT2D eigenvalue weighted by Crippen LogP contribution is -2.22. The Morgan fingerprint density at radius 3 is 2.24 bits per heavy atom. The average Bonchev–Trinajstić information content (AvgIpc) is 2.34. The second-order valence-corrected chi connectivity index (χ2v) is 5.25. The van der Waals surface area contributed by atoms with E-state index >= 15 is 0 Å². The molecule has 4 nitrogen and oxygen atoms in total. The second-order valence-electron chi connectivity index (χ2n) is 5.25. The molecule has 0 spiro atoms. The predicted molar refractivity (Wildman–Crippen MR) is 75.1 cm³/mol. The van der Waals surface area contributed by atoms with E-state index in [0.29, 0.717) is 12.1 Å². The van der Waals surface area contributed by atoms with E-state index in [-0.39, 0.29) is 12.1 Å². The van der Waals surface area contributed by atoms with Gasteiger partial charge in [0.2, 0.25) is 0 Å². The number of benzene rings is 1. The molecule has 1 aromatic carbocycles. The van der Waals surface area contributed by atoms with Gasteiger partial charge in [0.25, 0.3) is 0 Å². The number of halogens is 2. The first-order valence-corrected chi connectivity index (χ1v) is 6.83. The first-order chi connectivity index (χ1) is 9.79. The number of hydrogen-bond donors (Lipinski definition) is 1. The average molecular weight is 301 g/mol. The van der Waals surface area contributed by atoms with E-state index in [1.165, 1.54) is 12.1 Å². The predicted octanol–water partition coefficient (Wildman–Crippen LogP) is 2.79. The van der Waals surface area contributed by atoms with Gasteiger partial charge in [-0.25, -0.2) is 13.6 Å². The molecule has 0 amide bonds. The van der Waals surface area contributed by atoms with E-state index in [0.717, 1.165) is 0 Å². The minimum Gasteiger partial charge on any atom is -0.476 e. The van der Waals surface area contributed by atoms with Gasteiger partial charge in [-0.2, -0.15) is 0 Å². The molecular weight excluding hydrogens is 280 g/mol. The second kappa shape index (κ2) is 7.93. The fourth-order valence-corrected chi connectivity index (χ4v) is 1.60. The number of carbonyl (C=O) groups excluding carboxylic acids is 1. The highest BCUT2D eigenvalue weighted by molar-refractivity contribution is 5.71. The molecule has 0 unspecified atom stereocenters. The summed E-state index contributed by atoms with van der Waals surface area (Å²) in [5, 5.41) is 3.06. The molecule has 6 heteroatoms. The van der Waals surface area contributed by atoms with Crippen molar-refractivity contribution in [1.29, 1.82) is 0 Å². The van der Waals surface area contributed by atoms with Crippen molar-refractivity contribution in [1.82, 2.24) is 5.32 Å². The lowest BCUT2D eigenvalue weighted by atomic mass is 10.2. The van der Waals surface area contributed by atoms with Gasteiger partial charge in [0.15, 0.2) is 24.0 Å². The molecule has 0 aliphatic carbocycles. The van der Waals surface area contributed by atoms with E-state index < -0.39 is 30.0 Å². The molecule has 118 valence electrons. The fourth-order valence-electron chi connectivity index (χ4n) is 1.60. The Kier molecular flexibility index (Phi) is 6.55. The van der Waals surface area contributed by atoms with Crippen LogP contribution >= 0.6 is 0 Å². The smallest absolute Gasteiger partial charge is 0.344 e. The van der Waals surface area contributed by atoms with Gasteiger partial charge in [-0.3, -0.25) is 0 Å².